The van der Waals surface area contributed by atoms with Crippen molar-refractivity contribution in [2.45, 2.75) is 16.7 Å². The largest absolute Gasteiger partial charge is 0.297 e. The SMILES string of the molecule is C=CCn1c(Sc2ncnc3ccc(F)cc23)nnc1-c1cccs1. The monoisotopic (exact) mass is 369 g/mol. The van der Waals surface area contributed by atoms with E-state index in [4.69, 9.17) is 0 Å². The first-order valence-electron chi connectivity index (χ1n) is 7.42. The summed E-state index contributed by atoms with van der Waals surface area (Å²) < 4.78 is 15.6. The van der Waals surface area contributed by atoms with Crippen molar-refractivity contribution in [1.82, 2.24) is 24.7 Å². The number of hydrogen-bond acceptors (Lipinski definition) is 6. The second kappa shape index (κ2) is 6.73. The molecule has 8 heteroatoms. The van der Waals surface area contributed by atoms with E-state index in [1.54, 1.807) is 23.5 Å². The summed E-state index contributed by atoms with van der Waals surface area (Å²) in [4.78, 5) is 9.51. The standard InChI is InChI=1S/C17H12FN5S2/c1-2-7-23-15(14-4-3-8-24-14)21-22-17(23)25-16-12-9-11(18)5-6-13(12)19-10-20-16/h2-6,8-10H,1,7H2. The number of fused-ring (bicyclic) bond motifs is 1. The highest BCUT2D eigenvalue weighted by Crippen LogP contribution is 2.33. The lowest BCUT2D eigenvalue weighted by atomic mass is 10.2. The van der Waals surface area contributed by atoms with Crippen molar-refractivity contribution in [1.29, 1.82) is 0 Å². The molecular weight excluding hydrogens is 357 g/mol. The van der Waals surface area contributed by atoms with E-state index in [9.17, 15) is 4.39 Å². The van der Waals surface area contributed by atoms with Crippen LogP contribution in [0.4, 0.5) is 4.39 Å². The Balaban J connectivity index is 1.79. The first-order chi connectivity index (χ1) is 12.3. The van der Waals surface area contributed by atoms with Crippen LogP contribution >= 0.6 is 23.1 Å². The lowest BCUT2D eigenvalue weighted by Crippen LogP contribution is -2.00. The Morgan fingerprint density at radius 3 is 2.96 bits per heavy atom. The average Bonchev–Trinajstić information content (AvgIpc) is 3.26. The quantitative estimate of drug-likeness (QED) is 0.385. The second-order valence-corrected chi connectivity index (χ2v) is 7.03. The predicted molar refractivity (Wildman–Crippen MR) is 97.2 cm³/mol. The van der Waals surface area contributed by atoms with Crippen molar-refractivity contribution in [2.75, 3.05) is 0 Å². The number of rotatable bonds is 5. The van der Waals surface area contributed by atoms with Gasteiger partial charge in [-0.1, -0.05) is 12.1 Å². The van der Waals surface area contributed by atoms with E-state index < -0.39 is 0 Å². The third-order valence-corrected chi connectivity index (χ3v) is 5.39. The number of thiophene rings is 1. The number of benzene rings is 1. The van der Waals surface area contributed by atoms with Crippen molar-refractivity contribution >= 4 is 34.0 Å². The first-order valence-corrected chi connectivity index (χ1v) is 9.12. The van der Waals surface area contributed by atoms with Crippen LogP contribution < -0.4 is 0 Å². The van der Waals surface area contributed by atoms with Crippen molar-refractivity contribution in [3.63, 3.8) is 0 Å². The number of nitrogens with zero attached hydrogens (tertiary/aromatic N) is 5. The Hall–Kier alpha value is -2.58. The third-order valence-electron chi connectivity index (χ3n) is 3.52. The molecule has 0 aliphatic heterocycles. The highest BCUT2D eigenvalue weighted by molar-refractivity contribution is 7.99. The summed E-state index contributed by atoms with van der Waals surface area (Å²) in [6.07, 6.45) is 3.26. The molecule has 0 atom stereocenters. The number of allylic oxidation sites excluding steroid dienone is 1. The summed E-state index contributed by atoms with van der Waals surface area (Å²) in [5.74, 6) is 0.456. The minimum atomic E-state index is -0.323. The van der Waals surface area contributed by atoms with Crippen LogP contribution in [0.1, 0.15) is 0 Å². The average molecular weight is 369 g/mol. The minimum Gasteiger partial charge on any atom is -0.297 e. The van der Waals surface area contributed by atoms with Gasteiger partial charge in [0.15, 0.2) is 11.0 Å². The van der Waals surface area contributed by atoms with Crippen molar-refractivity contribution in [3.05, 3.63) is 60.5 Å². The van der Waals surface area contributed by atoms with Gasteiger partial charge in [0.1, 0.15) is 17.2 Å². The maximum absolute atomic E-state index is 13.6. The Kier molecular flexibility index (Phi) is 4.29. The van der Waals surface area contributed by atoms with Gasteiger partial charge in [-0.25, -0.2) is 14.4 Å². The summed E-state index contributed by atoms with van der Waals surface area (Å²) in [6, 6.07) is 8.44. The molecule has 0 unspecified atom stereocenters. The summed E-state index contributed by atoms with van der Waals surface area (Å²) in [7, 11) is 0. The molecule has 3 aromatic heterocycles. The smallest absolute Gasteiger partial charge is 0.198 e. The molecule has 0 saturated carbocycles. The second-order valence-electron chi connectivity index (χ2n) is 5.13. The third kappa shape index (κ3) is 3.06. The molecule has 3 heterocycles. The van der Waals surface area contributed by atoms with E-state index in [1.165, 1.54) is 30.2 Å². The Bertz CT molecular complexity index is 1040. The fourth-order valence-corrected chi connectivity index (χ4v) is 4.04. The molecule has 124 valence electrons. The summed E-state index contributed by atoms with van der Waals surface area (Å²) in [6.45, 7) is 4.38. The molecule has 4 rings (SSSR count). The van der Waals surface area contributed by atoms with E-state index in [1.807, 2.05) is 22.1 Å². The molecular formula is C17H12FN5S2. The van der Waals surface area contributed by atoms with E-state index in [0.29, 0.717) is 27.6 Å². The zero-order valence-corrected chi connectivity index (χ0v) is 14.6. The van der Waals surface area contributed by atoms with Crippen LogP contribution in [0.25, 0.3) is 21.6 Å². The molecule has 1 aromatic carbocycles. The van der Waals surface area contributed by atoms with Gasteiger partial charge in [-0.05, 0) is 41.4 Å². The van der Waals surface area contributed by atoms with Crippen LogP contribution in [0.2, 0.25) is 0 Å². The molecule has 0 aliphatic rings. The molecule has 0 saturated heterocycles. The first kappa shape index (κ1) is 15.9. The van der Waals surface area contributed by atoms with Crippen LogP contribution in [-0.2, 0) is 6.54 Å². The molecule has 5 nitrogen and oxygen atoms in total. The molecule has 0 bridgehead atoms. The van der Waals surface area contributed by atoms with Gasteiger partial charge in [-0.15, -0.1) is 28.1 Å². The molecule has 4 aromatic rings. The Morgan fingerprint density at radius 1 is 1.24 bits per heavy atom. The van der Waals surface area contributed by atoms with Gasteiger partial charge < -0.3 is 0 Å². The summed E-state index contributed by atoms with van der Waals surface area (Å²) in [5, 5.41) is 12.6. The fourth-order valence-electron chi connectivity index (χ4n) is 2.42. The van der Waals surface area contributed by atoms with E-state index in [0.717, 1.165) is 10.7 Å². The fraction of sp³-hybridized carbons (Fsp3) is 0.0588. The number of hydrogen-bond donors (Lipinski definition) is 0. The molecule has 0 fully saturated rings. The zero-order chi connectivity index (χ0) is 17.2. The van der Waals surface area contributed by atoms with E-state index in [2.05, 4.69) is 26.7 Å². The van der Waals surface area contributed by atoms with Gasteiger partial charge in [-0.3, -0.25) is 4.57 Å². The number of aromatic nitrogens is 5. The van der Waals surface area contributed by atoms with Gasteiger partial charge in [0.2, 0.25) is 0 Å². The van der Waals surface area contributed by atoms with E-state index in [-0.39, 0.29) is 5.82 Å². The highest BCUT2D eigenvalue weighted by Gasteiger charge is 2.17. The maximum atomic E-state index is 13.6. The van der Waals surface area contributed by atoms with Crippen LogP contribution in [0, 0.1) is 5.82 Å². The van der Waals surface area contributed by atoms with Crippen LogP contribution in [0.3, 0.4) is 0 Å². The van der Waals surface area contributed by atoms with Gasteiger partial charge in [0, 0.05) is 11.9 Å². The van der Waals surface area contributed by atoms with Gasteiger partial charge in [-0.2, -0.15) is 0 Å². The molecule has 0 spiro atoms. The zero-order valence-electron chi connectivity index (χ0n) is 13.0. The predicted octanol–water partition coefficient (Wildman–Crippen LogP) is 4.43. The summed E-state index contributed by atoms with van der Waals surface area (Å²) in [5.41, 5.74) is 0.687. The lowest BCUT2D eigenvalue weighted by molar-refractivity contribution is 0.629. The van der Waals surface area contributed by atoms with Crippen molar-refractivity contribution in [3.8, 4) is 10.7 Å². The minimum absolute atomic E-state index is 0.323. The summed E-state index contributed by atoms with van der Waals surface area (Å²) >= 11 is 2.94. The molecule has 0 N–H and O–H groups in total. The number of halogens is 1. The maximum Gasteiger partial charge on any atom is 0.198 e. The highest BCUT2D eigenvalue weighted by atomic mass is 32.2. The molecule has 0 amide bonds. The van der Waals surface area contributed by atoms with Gasteiger partial charge in [0.05, 0.1) is 10.4 Å². The van der Waals surface area contributed by atoms with Crippen LogP contribution in [0.15, 0.2) is 64.9 Å². The van der Waals surface area contributed by atoms with Crippen LogP contribution in [0.5, 0.6) is 0 Å². The Morgan fingerprint density at radius 2 is 2.16 bits per heavy atom. The molecule has 0 aliphatic carbocycles. The van der Waals surface area contributed by atoms with E-state index >= 15 is 0 Å². The normalized spacial score (nSPS) is 11.1. The van der Waals surface area contributed by atoms with Gasteiger partial charge >= 0.3 is 0 Å². The lowest BCUT2D eigenvalue weighted by Gasteiger charge is -2.07. The van der Waals surface area contributed by atoms with Gasteiger partial charge in [0.25, 0.3) is 0 Å². The van der Waals surface area contributed by atoms with Crippen molar-refractivity contribution in [2.24, 2.45) is 0 Å². The Labute approximate surface area is 151 Å². The van der Waals surface area contributed by atoms with Crippen molar-refractivity contribution < 1.29 is 4.39 Å². The molecule has 0 radical (unpaired) electrons. The van der Waals surface area contributed by atoms with Crippen LogP contribution in [-0.4, -0.2) is 24.7 Å². The topological polar surface area (TPSA) is 56.5 Å². The molecule has 25 heavy (non-hydrogen) atoms.